The topological polar surface area (TPSA) is 94.3 Å². The van der Waals surface area contributed by atoms with Gasteiger partial charge in [0.05, 0.1) is 24.0 Å². The first-order valence-corrected chi connectivity index (χ1v) is 16.7. The van der Waals surface area contributed by atoms with Crippen molar-refractivity contribution in [1.82, 2.24) is 29.3 Å². The van der Waals surface area contributed by atoms with Crippen LogP contribution in [0.3, 0.4) is 0 Å². The van der Waals surface area contributed by atoms with Crippen LogP contribution in [-0.2, 0) is 20.0 Å². The van der Waals surface area contributed by atoms with Crippen molar-refractivity contribution in [3.05, 3.63) is 65.2 Å². The van der Waals surface area contributed by atoms with Gasteiger partial charge in [0.2, 0.25) is 0 Å². The Kier molecular flexibility index (Phi) is 6.11. The van der Waals surface area contributed by atoms with Crippen molar-refractivity contribution >= 4 is 33.9 Å². The molecule has 2 aromatic carbocycles. The second-order valence-electron chi connectivity index (χ2n) is 13.8. The Morgan fingerprint density at radius 2 is 1.91 bits per heavy atom. The van der Waals surface area contributed by atoms with E-state index in [2.05, 4.69) is 50.5 Å². The number of hydrogen-bond donors (Lipinski definition) is 1. The maximum atomic E-state index is 13.8. The summed E-state index contributed by atoms with van der Waals surface area (Å²) in [5, 5.41) is 3.99. The summed E-state index contributed by atoms with van der Waals surface area (Å²) in [5.41, 5.74) is 7.93. The Hall–Kier alpha value is -4.66. The van der Waals surface area contributed by atoms with Crippen LogP contribution >= 0.6 is 0 Å². The van der Waals surface area contributed by atoms with Crippen LogP contribution in [0.15, 0.2) is 48.5 Å². The zero-order valence-electron chi connectivity index (χ0n) is 26.5. The van der Waals surface area contributed by atoms with E-state index in [4.69, 9.17) is 14.7 Å². The number of imidazole rings is 1. The third kappa shape index (κ3) is 4.20. The summed E-state index contributed by atoms with van der Waals surface area (Å²) < 4.78 is 10.3. The monoisotopic (exact) mass is 614 g/mol. The lowest BCUT2D eigenvalue weighted by Crippen LogP contribution is -2.38. The van der Waals surface area contributed by atoms with Gasteiger partial charge in [-0.3, -0.25) is 9.59 Å². The molecule has 9 nitrogen and oxygen atoms in total. The highest BCUT2D eigenvalue weighted by Crippen LogP contribution is 2.44. The van der Waals surface area contributed by atoms with Crippen molar-refractivity contribution in [3.8, 4) is 28.5 Å². The Labute approximate surface area is 267 Å². The van der Waals surface area contributed by atoms with E-state index in [9.17, 15) is 9.59 Å². The SMILES string of the molecule is COc1cc(C(=O)N2CC3CCC2[C@@H]3C)cc2nc(-c3cc4ccc(-c5ccc6c(c5)CCNC6=O)nc4n3CC3CC3)n(C)c12. The molecule has 0 radical (unpaired) electrons. The van der Waals surface area contributed by atoms with Crippen LogP contribution in [0.5, 0.6) is 5.75 Å². The molecule has 2 amide bonds. The fourth-order valence-corrected chi connectivity index (χ4v) is 8.33. The summed E-state index contributed by atoms with van der Waals surface area (Å²) in [6.07, 6.45) is 5.56. The molecule has 1 N–H and O–H groups in total. The number of nitrogens with zero attached hydrogens (tertiary/aromatic N) is 5. The largest absolute Gasteiger partial charge is 0.494 e. The van der Waals surface area contributed by atoms with E-state index in [1.165, 1.54) is 19.3 Å². The van der Waals surface area contributed by atoms with E-state index in [1.54, 1.807) is 7.11 Å². The number of aromatic nitrogens is 4. The zero-order valence-corrected chi connectivity index (χ0v) is 26.5. The lowest BCUT2D eigenvalue weighted by molar-refractivity contribution is 0.0695. The Balaban J connectivity index is 1.14. The number of methoxy groups -OCH3 is 1. The number of rotatable bonds is 6. The van der Waals surface area contributed by atoms with Gasteiger partial charge >= 0.3 is 0 Å². The van der Waals surface area contributed by atoms with Gasteiger partial charge in [-0.15, -0.1) is 0 Å². The molecule has 9 heteroatoms. The number of fused-ring (bicyclic) bond motifs is 5. The molecule has 9 rings (SSSR count). The molecule has 46 heavy (non-hydrogen) atoms. The number of carbonyl (C=O) groups is 2. The predicted octanol–water partition coefficient (Wildman–Crippen LogP) is 5.83. The molecule has 4 aliphatic rings. The molecule has 5 aromatic rings. The number of nitrogens with one attached hydrogen (secondary N) is 1. The fraction of sp³-hybridized carbons (Fsp3) is 0.405. The maximum Gasteiger partial charge on any atom is 0.254 e. The highest BCUT2D eigenvalue weighted by Gasteiger charge is 2.46. The molecule has 1 saturated heterocycles. The van der Waals surface area contributed by atoms with Crippen molar-refractivity contribution < 1.29 is 14.3 Å². The van der Waals surface area contributed by atoms with Crippen LogP contribution in [0.2, 0.25) is 0 Å². The average Bonchev–Trinajstić information content (AvgIpc) is 3.47. The van der Waals surface area contributed by atoms with Crippen molar-refractivity contribution in [3.63, 3.8) is 0 Å². The summed E-state index contributed by atoms with van der Waals surface area (Å²) in [7, 11) is 3.69. The number of benzene rings is 2. The molecule has 0 spiro atoms. The molecule has 2 aliphatic carbocycles. The number of likely N-dealkylation sites (tertiary alicyclic amines) is 1. The van der Waals surface area contributed by atoms with Gasteiger partial charge in [-0.2, -0.15) is 0 Å². The van der Waals surface area contributed by atoms with Crippen LogP contribution in [-0.4, -0.2) is 62.1 Å². The maximum absolute atomic E-state index is 13.8. The minimum atomic E-state index is -0.00705. The molecule has 2 bridgehead atoms. The molecule has 2 aliphatic heterocycles. The van der Waals surface area contributed by atoms with E-state index < -0.39 is 0 Å². The second kappa shape index (κ2) is 10.2. The van der Waals surface area contributed by atoms with Gasteiger partial charge in [0.15, 0.2) is 5.82 Å². The van der Waals surface area contributed by atoms with Crippen molar-refractivity contribution in [2.75, 3.05) is 20.2 Å². The highest BCUT2D eigenvalue weighted by atomic mass is 16.5. The first-order chi connectivity index (χ1) is 22.4. The molecule has 5 heterocycles. The number of pyridine rings is 1. The Morgan fingerprint density at radius 1 is 1.04 bits per heavy atom. The smallest absolute Gasteiger partial charge is 0.254 e. The third-order valence-corrected chi connectivity index (χ3v) is 11.1. The molecule has 3 fully saturated rings. The normalized spacial score (nSPS) is 22.1. The van der Waals surface area contributed by atoms with Crippen molar-refractivity contribution in [2.45, 2.75) is 51.6 Å². The lowest BCUT2D eigenvalue weighted by atomic mass is 9.96. The third-order valence-electron chi connectivity index (χ3n) is 11.1. The minimum absolute atomic E-state index is 0.00705. The summed E-state index contributed by atoms with van der Waals surface area (Å²) >= 11 is 0. The minimum Gasteiger partial charge on any atom is -0.494 e. The Morgan fingerprint density at radius 3 is 2.67 bits per heavy atom. The van der Waals surface area contributed by atoms with E-state index in [-0.39, 0.29) is 11.8 Å². The van der Waals surface area contributed by atoms with Crippen LogP contribution in [0.1, 0.15) is 58.9 Å². The Bertz CT molecular complexity index is 2090. The van der Waals surface area contributed by atoms with Crippen molar-refractivity contribution in [2.24, 2.45) is 24.8 Å². The summed E-state index contributed by atoms with van der Waals surface area (Å²) in [6.45, 7) is 4.66. The summed E-state index contributed by atoms with van der Waals surface area (Å²) in [4.78, 5) is 38.6. The molecule has 2 saturated carbocycles. The second-order valence-corrected chi connectivity index (χ2v) is 13.8. The van der Waals surface area contributed by atoms with Gasteiger partial charge < -0.3 is 24.1 Å². The van der Waals surface area contributed by atoms with Crippen molar-refractivity contribution in [1.29, 1.82) is 0 Å². The molecule has 3 aromatic heterocycles. The first kappa shape index (κ1) is 27.6. The number of ether oxygens (including phenoxy) is 1. The van der Waals surface area contributed by atoms with Gasteiger partial charge in [-0.25, -0.2) is 9.97 Å². The molecular formula is C37H38N6O3. The van der Waals surface area contributed by atoms with Gasteiger partial charge in [-0.05, 0) is 97.9 Å². The highest BCUT2D eigenvalue weighted by molar-refractivity contribution is 6.01. The fourth-order valence-electron chi connectivity index (χ4n) is 8.33. The van der Waals surface area contributed by atoms with Crippen LogP contribution < -0.4 is 10.1 Å². The zero-order chi connectivity index (χ0) is 31.3. The molecular weight excluding hydrogens is 576 g/mol. The molecule has 3 atom stereocenters. The number of hydrogen-bond acceptors (Lipinski definition) is 5. The van der Waals surface area contributed by atoms with Gasteiger partial charge in [-0.1, -0.05) is 13.0 Å². The van der Waals surface area contributed by atoms with Crippen LogP contribution in [0.25, 0.3) is 44.8 Å². The number of carbonyl (C=O) groups excluding carboxylic acids is 2. The van der Waals surface area contributed by atoms with Gasteiger partial charge in [0.25, 0.3) is 11.8 Å². The number of piperidine rings is 1. The average molecular weight is 615 g/mol. The molecule has 2 unspecified atom stereocenters. The standard InChI is InChI=1S/C37H38N6O3/c1-20-25-8-11-30(20)43(19-25)37(45)26-15-29-33(32(17-26)46-3)41(2)35(40-29)31-16-24-7-10-28(39-34(24)42(31)18-21-4-5-21)23-6-9-27-22(14-23)12-13-38-36(27)44/h6-7,9-10,14-17,20-21,25,30H,4-5,8,11-13,18-19H2,1-3H3,(H,38,44)/t20-,25?,30?/m1/s1. The van der Waals surface area contributed by atoms with E-state index in [0.717, 1.165) is 81.9 Å². The number of amides is 2. The predicted molar refractivity (Wildman–Crippen MR) is 177 cm³/mol. The first-order valence-electron chi connectivity index (χ1n) is 16.7. The summed E-state index contributed by atoms with van der Waals surface area (Å²) in [6, 6.07) is 16.6. The summed E-state index contributed by atoms with van der Waals surface area (Å²) in [5.74, 6) is 3.34. The van der Waals surface area contributed by atoms with Gasteiger partial charge in [0.1, 0.15) is 16.9 Å². The van der Waals surface area contributed by atoms with Crippen LogP contribution in [0.4, 0.5) is 0 Å². The molecule has 234 valence electrons. The van der Waals surface area contributed by atoms with Crippen LogP contribution in [0, 0.1) is 17.8 Å². The quantitative estimate of drug-likeness (QED) is 0.260. The van der Waals surface area contributed by atoms with E-state index in [0.29, 0.717) is 41.7 Å². The van der Waals surface area contributed by atoms with E-state index >= 15 is 0 Å². The lowest BCUT2D eigenvalue weighted by Gasteiger charge is -2.27. The van der Waals surface area contributed by atoms with Gasteiger partial charge in [0, 0.05) is 54.8 Å². The van der Waals surface area contributed by atoms with E-state index in [1.807, 2.05) is 31.3 Å². The number of aryl methyl sites for hydroxylation is 1.